The summed E-state index contributed by atoms with van der Waals surface area (Å²) in [6.45, 7) is 1.59. The van der Waals surface area contributed by atoms with Crippen molar-refractivity contribution in [2.24, 2.45) is 0 Å². The van der Waals surface area contributed by atoms with Gasteiger partial charge in [0, 0.05) is 6.07 Å². The number of benzene rings is 1. The summed E-state index contributed by atoms with van der Waals surface area (Å²) in [7, 11) is 0. The molecule has 0 saturated heterocycles. The highest BCUT2D eigenvalue weighted by Crippen LogP contribution is 2.38. The van der Waals surface area contributed by atoms with Gasteiger partial charge in [0.2, 0.25) is 0 Å². The highest BCUT2D eigenvalue weighted by Gasteiger charge is 2.17. The monoisotopic (exact) mass is 281 g/mol. The minimum absolute atomic E-state index is 0.0341. The number of aliphatic hydroxyl groups excluding tert-OH is 1. The summed E-state index contributed by atoms with van der Waals surface area (Å²) in [5, 5.41) is 22.4. The van der Waals surface area contributed by atoms with Gasteiger partial charge in [0.1, 0.15) is 0 Å². The summed E-state index contributed by atoms with van der Waals surface area (Å²) >= 11 is 2.90. The molecule has 1 aromatic carbocycles. The standard InChI is InChI=1S/C12H11NO3S2/c1-8(14)9-4-5-11(10(7-9)13(15)16)18-12-3-2-6-17-12/h2-8,14H,1H3. The molecule has 1 heterocycles. The van der Waals surface area contributed by atoms with Crippen LogP contribution < -0.4 is 0 Å². The maximum absolute atomic E-state index is 11.0. The molecule has 0 amide bonds. The summed E-state index contributed by atoms with van der Waals surface area (Å²) in [6, 6.07) is 8.66. The second kappa shape index (κ2) is 5.51. The predicted octanol–water partition coefficient (Wildman–Crippen LogP) is 3.86. The summed E-state index contributed by atoms with van der Waals surface area (Å²) in [6.07, 6.45) is -0.704. The number of hydrogen-bond donors (Lipinski definition) is 1. The molecular weight excluding hydrogens is 270 g/mol. The van der Waals surface area contributed by atoms with Crippen LogP contribution in [0.15, 0.2) is 44.8 Å². The van der Waals surface area contributed by atoms with Crippen LogP contribution in [-0.4, -0.2) is 10.0 Å². The molecule has 0 fully saturated rings. The zero-order valence-corrected chi connectivity index (χ0v) is 11.2. The first-order chi connectivity index (χ1) is 8.58. The first kappa shape index (κ1) is 13.1. The second-order valence-electron chi connectivity index (χ2n) is 3.69. The van der Waals surface area contributed by atoms with Crippen LogP contribution in [0.3, 0.4) is 0 Å². The van der Waals surface area contributed by atoms with E-state index in [1.165, 1.54) is 29.2 Å². The largest absolute Gasteiger partial charge is 0.389 e. The average molecular weight is 281 g/mol. The van der Waals surface area contributed by atoms with Crippen molar-refractivity contribution in [3.8, 4) is 0 Å². The van der Waals surface area contributed by atoms with Gasteiger partial charge in [-0.2, -0.15) is 0 Å². The fourth-order valence-corrected chi connectivity index (χ4v) is 3.27. The van der Waals surface area contributed by atoms with Crippen molar-refractivity contribution in [2.75, 3.05) is 0 Å². The van der Waals surface area contributed by atoms with Crippen molar-refractivity contribution in [1.29, 1.82) is 0 Å². The van der Waals surface area contributed by atoms with E-state index in [4.69, 9.17) is 0 Å². The van der Waals surface area contributed by atoms with E-state index in [2.05, 4.69) is 0 Å². The lowest BCUT2D eigenvalue weighted by Crippen LogP contribution is -1.96. The number of hydrogen-bond acceptors (Lipinski definition) is 5. The third kappa shape index (κ3) is 2.90. The normalized spacial score (nSPS) is 12.3. The highest BCUT2D eigenvalue weighted by molar-refractivity contribution is 8.01. The Morgan fingerprint density at radius 2 is 2.22 bits per heavy atom. The van der Waals surface area contributed by atoms with E-state index in [9.17, 15) is 15.2 Å². The molecule has 1 atom stereocenters. The van der Waals surface area contributed by atoms with E-state index in [0.29, 0.717) is 10.5 Å². The van der Waals surface area contributed by atoms with Crippen molar-refractivity contribution in [1.82, 2.24) is 0 Å². The van der Waals surface area contributed by atoms with Gasteiger partial charge in [0.05, 0.1) is 20.1 Å². The van der Waals surface area contributed by atoms with Gasteiger partial charge >= 0.3 is 0 Å². The molecule has 1 aromatic heterocycles. The fraction of sp³-hybridized carbons (Fsp3) is 0.167. The molecule has 2 aromatic rings. The SMILES string of the molecule is CC(O)c1ccc(Sc2cccs2)c([N+](=O)[O-])c1. The molecule has 0 aliphatic rings. The summed E-state index contributed by atoms with van der Waals surface area (Å²) in [4.78, 5) is 11.2. The molecule has 2 rings (SSSR count). The van der Waals surface area contributed by atoms with Gasteiger partial charge in [0.15, 0.2) is 0 Å². The molecule has 0 bridgehead atoms. The second-order valence-corrected chi connectivity index (χ2v) is 5.98. The Kier molecular flexibility index (Phi) is 4.00. The van der Waals surface area contributed by atoms with Crippen molar-refractivity contribution in [3.63, 3.8) is 0 Å². The van der Waals surface area contributed by atoms with Gasteiger partial charge < -0.3 is 5.11 Å². The lowest BCUT2D eigenvalue weighted by molar-refractivity contribution is -0.387. The van der Waals surface area contributed by atoms with Crippen LogP contribution in [-0.2, 0) is 0 Å². The minimum Gasteiger partial charge on any atom is -0.389 e. The molecule has 0 saturated carbocycles. The van der Waals surface area contributed by atoms with Gasteiger partial charge in [0.25, 0.3) is 5.69 Å². The van der Waals surface area contributed by atoms with Crippen LogP contribution in [0.5, 0.6) is 0 Å². The number of nitro groups is 1. The fourth-order valence-electron chi connectivity index (χ4n) is 1.45. The molecule has 18 heavy (non-hydrogen) atoms. The van der Waals surface area contributed by atoms with Crippen LogP contribution >= 0.6 is 23.1 Å². The molecule has 0 aliphatic carbocycles. The summed E-state index contributed by atoms with van der Waals surface area (Å²) < 4.78 is 1.00. The van der Waals surface area contributed by atoms with Crippen molar-refractivity contribution >= 4 is 28.8 Å². The lowest BCUT2D eigenvalue weighted by atomic mass is 10.1. The van der Waals surface area contributed by atoms with Gasteiger partial charge in [-0.1, -0.05) is 23.9 Å². The Morgan fingerprint density at radius 1 is 1.44 bits per heavy atom. The smallest absolute Gasteiger partial charge is 0.283 e. The molecule has 1 unspecified atom stereocenters. The van der Waals surface area contributed by atoms with Gasteiger partial charge in [-0.3, -0.25) is 10.1 Å². The molecule has 94 valence electrons. The molecule has 0 radical (unpaired) electrons. The van der Waals surface area contributed by atoms with E-state index < -0.39 is 11.0 Å². The van der Waals surface area contributed by atoms with Crippen molar-refractivity contribution < 1.29 is 10.0 Å². The molecule has 4 nitrogen and oxygen atoms in total. The highest BCUT2D eigenvalue weighted by atomic mass is 32.2. The zero-order valence-electron chi connectivity index (χ0n) is 9.57. The summed E-state index contributed by atoms with van der Waals surface area (Å²) in [5.41, 5.74) is 0.587. The molecule has 1 N–H and O–H groups in total. The maximum atomic E-state index is 11.0. The predicted molar refractivity (Wildman–Crippen MR) is 72.2 cm³/mol. The summed E-state index contributed by atoms with van der Waals surface area (Å²) in [5.74, 6) is 0. The third-order valence-corrected chi connectivity index (χ3v) is 4.47. The van der Waals surface area contributed by atoms with Crippen LogP contribution in [0.4, 0.5) is 5.69 Å². The average Bonchev–Trinajstić information content (AvgIpc) is 2.81. The molecular formula is C12H11NO3S2. The maximum Gasteiger partial charge on any atom is 0.283 e. The number of thiophene rings is 1. The van der Waals surface area contributed by atoms with Crippen LogP contribution in [0.1, 0.15) is 18.6 Å². The molecule has 0 aliphatic heterocycles. The van der Waals surface area contributed by atoms with Crippen LogP contribution in [0.25, 0.3) is 0 Å². The number of nitro benzene ring substituents is 1. The van der Waals surface area contributed by atoms with Gasteiger partial charge in [-0.15, -0.1) is 11.3 Å². The zero-order chi connectivity index (χ0) is 13.1. The molecule has 6 heteroatoms. The Bertz CT molecular complexity index is 552. The van der Waals surface area contributed by atoms with E-state index in [1.54, 1.807) is 19.1 Å². The Labute approximate surface area is 112 Å². The first-order valence-electron chi connectivity index (χ1n) is 5.25. The van der Waals surface area contributed by atoms with Crippen molar-refractivity contribution in [2.45, 2.75) is 22.1 Å². The molecule has 0 spiro atoms. The van der Waals surface area contributed by atoms with E-state index >= 15 is 0 Å². The van der Waals surface area contributed by atoms with Crippen molar-refractivity contribution in [3.05, 3.63) is 51.4 Å². The lowest BCUT2D eigenvalue weighted by Gasteiger charge is -2.06. The Balaban J connectivity index is 2.37. The first-order valence-corrected chi connectivity index (χ1v) is 6.95. The van der Waals surface area contributed by atoms with Crippen LogP contribution in [0.2, 0.25) is 0 Å². The van der Waals surface area contributed by atoms with Gasteiger partial charge in [-0.25, -0.2) is 0 Å². The topological polar surface area (TPSA) is 63.4 Å². The van der Waals surface area contributed by atoms with E-state index in [-0.39, 0.29) is 5.69 Å². The quantitative estimate of drug-likeness (QED) is 0.682. The third-order valence-electron chi connectivity index (χ3n) is 2.37. The van der Waals surface area contributed by atoms with E-state index in [1.807, 2.05) is 17.5 Å². The number of aliphatic hydroxyl groups is 1. The van der Waals surface area contributed by atoms with E-state index in [0.717, 1.165) is 4.21 Å². The Morgan fingerprint density at radius 3 is 2.78 bits per heavy atom. The number of nitrogens with zero attached hydrogens (tertiary/aromatic N) is 1. The number of rotatable bonds is 4. The minimum atomic E-state index is -0.704. The van der Waals surface area contributed by atoms with Crippen LogP contribution in [0, 0.1) is 10.1 Å². The van der Waals surface area contributed by atoms with Gasteiger partial charge in [-0.05, 0) is 30.0 Å². The Hall–Kier alpha value is -1.37.